The second-order valence-corrected chi connectivity index (χ2v) is 11.3. The SMILES string of the molecule is FC=C(F)C(F)(F)C(F)(F)C(F)(F)C(F)(F)C(F)(F)C(F)(F)C(F)(F)C(F)(F)C(F)(F)C(F)(F)C(F)(F)C(F)(F)C(F)(F)C(F)(F)C(F)(F)C(F)(F)C(F)(F)C(F)(F)C(F)(F)F. The molecule has 0 aliphatic carbocycles. The van der Waals surface area contributed by atoms with Crippen molar-refractivity contribution in [2.45, 2.75) is 113 Å². The topological polar surface area (TPSA) is 0 Å². The Morgan fingerprint density at radius 3 is 0.419 bits per heavy atom. The van der Waals surface area contributed by atoms with E-state index in [1.165, 1.54) is 0 Å². The summed E-state index contributed by atoms with van der Waals surface area (Å²) in [6.45, 7) is 0. The van der Waals surface area contributed by atoms with E-state index >= 15 is 0 Å². The highest BCUT2D eigenvalue weighted by Gasteiger charge is 3.03. The van der Waals surface area contributed by atoms with Crippen molar-refractivity contribution in [1.29, 1.82) is 0 Å². The van der Waals surface area contributed by atoms with E-state index in [1.54, 1.807) is 0 Å². The molecule has 0 amide bonds. The molecule has 0 spiro atoms. The van der Waals surface area contributed by atoms with Crippen molar-refractivity contribution in [2.24, 2.45) is 0 Å². The van der Waals surface area contributed by atoms with E-state index in [-0.39, 0.29) is 0 Å². The van der Waals surface area contributed by atoms with E-state index in [2.05, 4.69) is 0 Å². The third-order valence-electron chi connectivity index (χ3n) is 7.46. The molecule has 0 nitrogen and oxygen atoms in total. The van der Waals surface area contributed by atoms with Crippen LogP contribution in [0.5, 0.6) is 0 Å². The highest BCUT2D eigenvalue weighted by molar-refractivity contribution is 5.24. The van der Waals surface area contributed by atoms with Crippen LogP contribution < -0.4 is 0 Å². The van der Waals surface area contributed by atoms with Gasteiger partial charge in [-0.25, -0.2) is 8.78 Å². The molecule has 0 aromatic carbocycles. The summed E-state index contributed by atoms with van der Waals surface area (Å²) in [5.41, 5.74) is 0. The van der Waals surface area contributed by atoms with Crippen LogP contribution in [0.25, 0.3) is 0 Å². The summed E-state index contributed by atoms with van der Waals surface area (Å²) in [5.74, 6) is -185. The lowest BCUT2D eigenvalue weighted by Gasteiger charge is -2.47. The maximum Gasteiger partial charge on any atom is 0.460 e. The van der Waals surface area contributed by atoms with Gasteiger partial charge >= 0.3 is 113 Å². The fraction of sp³-hybridized carbons (Fsp3) is 0.905. The smallest absolute Gasteiger partial charge is 0.212 e. The third kappa shape index (κ3) is 6.38. The molecule has 0 unspecified atom stereocenters. The minimum Gasteiger partial charge on any atom is -0.212 e. The minimum atomic E-state index is -10.6. The van der Waals surface area contributed by atoms with Gasteiger partial charge < -0.3 is 0 Å². The van der Waals surface area contributed by atoms with Crippen molar-refractivity contribution in [3.8, 4) is 0 Å². The molecule has 0 rings (SSSR count). The predicted octanol–water partition coefficient (Wildman–Crippen LogP) is 13.8. The first kappa shape index (κ1) is 58.9. The van der Waals surface area contributed by atoms with Gasteiger partial charge in [0.2, 0.25) is 5.83 Å². The van der Waals surface area contributed by atoms with Crippen molar-refractivity contribution in [3.63, 3.8) is 0 Å². The van der Waals surface area contributed by atoms with Crippen LogP contribution in [0.15, 0.2) is 12.2 Å². The van der Waals surface area contributed by atoms with Gasteiger partial charge in [-0.15, -0.1) is 0 Å². The lowest BCUT2D eigenvalue weighted by Crippen LogP contribution is -2.80. The van der Waals surface area contributed by atoms with Gasteiger partial charge in [0.25, 0.3) is 0 Å². The summed E-state index contributed by atoms with van der Waals surface area (Å²) in [5, 5.41) is 0. The molecule has 0 saturated heterocycles. The quantitative estimate of drug-likeness (QED) is 0.120. The molecule has 0 atom stereocenters. The Morgan fingerprint density at radius 2 is 0.306 bits per heavy atom. The molecule has 0 saturated carbocycles. The fourth-order valence-electron chi connectivity index (χ4n) is 3.55. The van der Waals surface area contributed by atoms with Gasteiger partial charge in [0, 0.05) is 0 Å². The maximum absolute atomic E-state index is 13.9. The number of alkyl halides is 39. The lowest BCUT2D eigenvalue weighted by atomic mass is 9.82. The van der Waals surface area contributed by atoms with Gasteiger partial charge in [0.15, 0.2) is 0 Å². The molecule has 41 heteroatoms. The second-order valence-electron chi connectivity index (χ2n) is 11.3. The summed E-state index contributed by atoms with van der Waals surface area (Å²) in [4.78, 5) is 0. The highest BCUT2D eigenvalue weighted by atomic mass is 19.4. The van der Waals surface area contributed by atoms with E-state index in [9.17, 15) is 180 Å². The van der Waals surface area contributed by atoms with Crippen molar-refractivity contribution in [3.05, 3.63) is 12.2 Å². The van der Waals surface area contributed by atoms with Crippen molar-refractivity contribution >= 4 is 0 Å². The van der Waals surface area contributed by atoms with Crippen LogP contribution in [0.3, 0.4) is 0 Å². The van der Waals surface area contributed by atoms with Crippen LogP contribution in [0.2, 0.25) is 0 Å². The molecule has 0 aliphatic heterocycles. The number of hydrogen-bond donors (Lipinski definition) is 0. The maximum atomic E-state index is 13.9. The van der Waals surface area contributed by atoms with Gasteiger partial charge in [-0.05, 0) is 0 Å². The predicted molar refractivity (Wildman–Crippen MR) is 105 cm³/mol. The molecular weight excluding hydrogens is 1030 g/mol. The molecule has 0 radical (unpaired) electrons. The average molecular weight is 1030 g/mol. The van der Waals surface area contributed by atoms with Gasteiger partial charge in [-0.2, -0.15) is 171 Å². The molecule has 62 heavy (non-hydrogen) atoms. The Balaban J connectivity index is 7.98. The third-order valence-corrected chi connectivity index (χ3v) is 7.46. The van der Waals surface area contributed by atoms with Crippen molar-refractivity contribution in [2.75, 3.05) is 0 Å². The zero-order valence-electron chi connectivity index (χ0n) is 26.1. The molecule has 0 fully saturated rings. The summed E-state index contributed by atoms with van der Waals surface area (Å²) in [7, 11) is 0. The Hall–Kier alpha value is -3.13. The molecule has 372 valence electrons. The van der Waals surface area contributed by atoms with E-state index in [0.717, 1.165) is 0 Å². The highest BCUT2D eigenvalue weighted by Crippen LogP contribution is 2.71. The molecule has 0 N–H and O–H groups in total. The molecule has 0 aromatic rings. The molecule has 0 aliphatic rings. The number of halogens is 41. The lowest BCUT2D eigenvalue weighted by molar-refractivity contribution is -0.494. The average Bonchev–Trinajstić information content (AvgIpc) is 3.05. The van der Waals surface area contributed by atoms with Gasteiger partial charge in [0.1, 0.15) is 6.33 Å². The Labute approximate surface area is 306 Å². The first-order valence-electron chi connectivity index (χ1n) is 12.8. The van der Waals surface area contributed by atoms with Gasteiger partial charge in [-0.3, -0.25) is 0 Å². The van der Waals surface area contributed by atoms with E-state index in [4.69, 9.17) is 0 Å². The minimum absolute atomic E-state index is 2.71. The first-order chi connectivity index (χ1) is 26.0. The summed E-state index contributed by atoms with van der Waals surface area (Å²) < 4.78 is 552. The van der Waals surface area contributed by atoms with Crippen LogP contribution in [0, 0.1) is 0 Å². The monoisotopic (exact) mass is 1030 g/mol. The van der Waals surface area contributed by atoms with Crippen LogP contribution in [-0.2, 0) is 0 Å². The van der Waals surface area contributed by atoms with Crippen LogP contribution in [0.4, 0.5) is 180 Å². The van der Waals surface area contributed by atoms with Crippen LogP contribution >= 0.6 is 0 Å². The Bertz CT molecular complexity index is 1660. The summed E-state index contributed by atoms with van der Waals surface area (Å²) in [6, 6.07) is 0. The summed E-state index contributed by atoms with van der Waals surface area (Å²) >= 11 is 0. The van der Waals surface area contributed by atoms with E-state index < -0.39 is 125 Å². The van der Waals surface area contributed by atoms with E-state index in [0.29, 0.717) is 0 Å². The molecule has 0 heterocycles. The van der Waals surface area contributed by atoms with Crippen LogP contribution in [-0.4, -0.2) is 113 Å². The fourth-order valence-corrected chi connectivity index (χ4v) is 3.55. The number of rotatable bonds is 18. The number of hydrogen-bond acceptors (Lipinski definition) is 0. The molecular formula is C21HF41. The summed E-state index contributed by atoms with van der Waals surface area (Å²) in [6.07, 6.45) is -11.2. The molecule has 0 bridgehead atoms. The largest absolute Gasteiger partial charge is 0.460 e. The van der Waals surface area contributed by atoms with Gasteiger partial charge in [-0.1, -0.05) is 0 Å². The number of allylic oxidation sites excluding steroid dienone is 1. The molecule has 0 aromatic heterocycles. The Morgan fingerprint density at radius 1 is 0.194 bits per heavy atom. The zero-order chi connectivity index (χ0) is 51.8. The standard InChI is InChI=1S/C21HF41/c22-1-2(23)3(24,25)4(26,27)5(28,29)6(30,31)7(32,33)8(34,35)9(36,37)10(38,39)11(40,41)12(42,43)13(44,45)14(46,47)15(48,49)16(50,51)17(52,53)18(54,55)19(56,57)20(58,59)21(60,61)62/h1H. The normalized spacial score (nSPS) is 17.5. The second kappa shape index (κ2) is 14.2. The zero-order valence-corrected chi connectivity index (χ0v) is 26.1. The van der Waals surface area contributed by atoms with Crippen molar-refractivity contribution < 1.29 is 180 Å². The first-order valence-corrected chi connectivity index (χ1v) is 12.8. The van der Waals surface area contributed by atoms with E-state index in [1.807, 2.05) is 0 Å². The van der Waals surface area contributed by atoms with Gasteiger partial charge in [0.05, 0.1) is 0 Å². The van der Waals surface area contributed by atoms with Crippen LogP contribution in [0.1, 0.15) is 0 Å². The van der Waals surface area contributed by atoms with Crippen molar-refractivity contribution in [1.82, 2.24) is 0 Å². The Kier molecular flexibility index (Phi) is 13.5.